The second kappa shape index (κ2) is 8.38. The fourth-order valence-corrected chi connectivity index (χ4v) is 3.37. The first kappa shape index (κ1) is 16.3. The van der Waals surface area contributed by atoms with Gasteiger partial charge in [-0.3, -0.25) is 4.79 Å². The van der Waals surface area contributed by atoms with Gasteiger partial charge >= 0.3 is 0 Å². The number of piperidine rings is 1. The van der Waals surface area contributed by atoms with Crippen molar-refractivity contribution in [3.05, 3.63) is 5.82 Å². The lowest BCUT2D eigenvalue weighted by atomic mass is 10.1. The van der Waals surface area contributed by atoms with Crippen LogP contribution in [0.3, 0.4) is 0 Å². The van der Waals surface area contributed by atoms with Crippen molar-refractivity contribution in [3.8, 4) is 0 Å². The molecule has 1 fully saturated rings. The zero-order chi connectivity index (χ0) is 15.1. The van der Waals surface area contributed by atoms with Crippen LogP contribution >= 0.6 is 11.8 Å². The van der Waals surface area contributed by atoms with Crippen molar-refractivity contribution in [2.75, 3.05) is 32.6 Å². The summed E-state index contributed by atoms with van der Waals surface area (Å²) in [5, 5.41) is 9.12. The third-order valence-corrected chi connectivity index (χ3v) is 4.62. The van der Waals surface area contributed by atoms with E-state index in [1.807, 2.05) is 11.8 Å². The molecule has 2 rings (SSSR count). The molecule has 1 amide bonds. The van der Waals surface area contributed by atoms with Gasteiger partial charge < -0.3 is 14.2 Å². The maximum Gasteiger partial charge on any atom is 0.233 e. The minimum atomic E-state index is 0.212. The first-order valence-corrected chi connectivity index (χ1v) is 8.50. The molecule has 118 valence electrons. The van der Waals surface area contributed by atoms with Crippen LogP contribution in [0.15, 0.2) is 5.16 Å². The molecular weight excluding hydrogens is 288 g/mol. The lowest BCUT2D eigenvalue weighted by Crippen LogP contribution is -2.36. The number of ether oxygens (including phenoxy) is 1. The molecule has 0 bridgehead atoms. The van der Waals surface area contributed by atoms with E-state index in [1.54, 1.807) is 7.11 Å². The molecule has 1 saturated heterocycles. The zero-order valence-corrected chi connectivity index (χ0v) is 13.7. The third-order valence-electron chi connectivity index (χ3n) is 3.67. The minimum absolute atomic E-state index is 0.212. The van der Waals surface area contributed by atoms with Gasteiger partial charge in [0.15, 0.2) is 5.16 Å². The molecule has 0 aliphatic carbocycles. The Labute approximate surface area is 130 Å². The summed E-state index contributed by atoms with van der Waals surface area (Å²) in [6.45, 7) is 5.29. The van der Waals surface area contributed by atoms with Crippen LogP contribution in [-0.2, 0) is 16.1 Å². The molecule has 0 atom stereocenters. The molecular formula is C14H24N4O2S. The number of carbonyl (C=O) groups excluding carboxylic acids is 1. The Bertz CT molecular complexity index is 458. The number of thioether (sulfide) groups is 1. The van der Waals surface area contributed by atoms with E-state index in [1.165, 1.54) is 18.2 Å². The Morgan fingerprint density at radius 2 is 2.05 bits per heavy atom. The topological polar surface area (TPSA) is 60.2 Å². The van der Waals surface area contributed by atoms with E-state index in [2.05, 4.69) is 14.8 Å². The predicted molar refractivity (Wildman–Crippen MR) is 82.4 cm³/mol. The molecule has 0 aromatic carbocycles. The summed E-state index contributed by atoms with van der Waals surface area (Å²) in [5.41, 5.74) is 0. The summed E-state index contributed by atoms with van der Waals surface area (Å²) in [7, 11) is 1.70. The molecule has 0 unspecified atom stereocenters. The van der Waals surface area contributed by atoms with Crippen molar-refractivity contribution in [2.45, 2.75) is 44.3 Å². The number of hydrogen-bond donors (Lipinski definition) is 0. The SMILES string of the molecule is COCCCn1c(C)nnc1SCC(=O)N1CCCCC1. The molecule has 0 saturated carbocycles. The molecule has 1 aromatic rings. The van der Waals surface area contributed by atoms with Crippen molar-refractivity contribution in [2.24, 2.45) is 0 Å². The van der Waals surface area contributed by atoms with Crippen LogP contribution in [0.2, 0.25) is 0 Å². The van der Waals surface area contributed by atoms with E-state index < -0.39 is 0 Å². The van der Waals surface area contributed by atoms with Gasteiger partial charge in [-0.15, -0.1) is 10.2 Å². The number of methoxy groups -OCH3 is 1. The van der Waals surface area contributed by atoms with Crippen molar-refractivity contribution in [1.82, 2.24) is 19.7 Å². The van der Waals surface area contributed by atoms with E-state index >= 15 is 0 Å². The average Bonchev–Trinajstić information content (AvgIpc) is 2.87. The Morgan fingerprint density at radius 1 is 1.29 bits per heavy atom. The Morgan fingerprint density at radius 3 is 2.76 bits per heavy atom. The van der Waals surface area contributed by atoms with Crippen LogP contribution in [0.5, 0.6) is 0 Å². The number of amides is 1. The maximum atomic E-state index is 12.2. The van der Waals surface area contributed by atoms with Crippen molar-refractivity contribution >= 4 is 17.7 Å². The standard InChI is InChI=1S/C14H24N4O2S/c1-12-15-16-14(18(12)9-6-10-20-2)21-11-13(19)17-7-4-3-5-8-17/h3-11H2,1-2H3. The van der Waals surface area contributed by atoms with Gasteiger partial charge in [0.25, 0.3) is 0 Å². The third kappa shape index (κ3) is 4.71. The zero-order valence-electron chi connectivity index (χ0n) is 12.9. The van der Waals surface area contributed by atoms with Crippen LogP contribution in [-0.4, -0.2) is 58.1 Å². The van der Waals surface area contributed by atoms with Crippen molar-refractivity contribution < 1.29 is 9.53 Å². The first-order valence-electron chi connectivity index (χ1n) is 7.51. The summed E-state index contributed by atoms with van der Waals surface area (Å²) < 4.78 is 7.14. The highest BCUT2D eigenvalue weighted by atomic mass is 32.2. The number of carbonyl (C=O) groups is 1. The molecule has 1 aromatic heterocycles. The summed E-state index contributed by atoms with van der Waals surface area (Å²) in [5.74, 6) is 1.55. The van der Waals surface area contributed by atoms with Gasteiger partial charge in [-0.2, -0.15) is 0 Å². The van der Waals surface area contributed by atoms with Gasteiger partial charge in [0, 0.05) is 33.4 Å². The molecule has 1 aliphatic heterocycles. The van der Waals surface area contributed by atoms with Gasteiger partial charge in [0.1, 0.15) is 5.82 Å². The van der Waals surface area contributed by atoms with Crippen LogP contribution in [0.1, 0.15) is 31.5 Å². The van der Waals surface area contributed by atoms with Gasteiger partial charge in [-0.1, -0.05) is 11.8 Å². The number of aryl methyl sites for hydroxylation is 1. The Hall–Kier alpha value is -1.08. The lowest BCUT2D eigenvalue weighted by molar-refractivity contribution is -0.129. The van der Waals surface area contributed by atoms with Crippen LogP contribution in [0.25, 0.3) is 0 Å². The largest absolute Gasteiger partial charge is 0.385 e. The number of hydrogen-bond acceptors (Lipinski definition) is 5. The van der Waals surface area contributed by atoms with Crippen molar-refractivity contribution in [3.63, 3.8) is 0 Å². The average molecular weight is 312 g/mol. The quantitative estimate of drug-likeness (QED) is 0.567. The van der Waals surface area contributed by atoms with E-state index in [0.29, 0.717) is 12.4 Å². The van der Waals surface area contributed by atoms with Crippen LogP contribution in [0.4, 0.5) is 0 Å². The normalized spacial score (nSPS) is 15.4. The van der Waals surface area contributed by atoms with Gasteiger partial charge in [-0.05, 0) is 32.6 Å². The fourth-order valence-electron chi connectivity index (χ4n) is 2.45. The van der Waals surface area contributed by atoms with Gasteiger partial charge in [-0.25, -0.2) is 0 Å². The van der Waals surface area contributed by atoms with Gasteiger partial charge in [0.05, 0.1) is 5.75 Å². The molecule has 0 radical (unpaired) electrons. The second-order valence-electron chi connectivity index (χ2n) is 5.26. The summed E-state index contributed by atoms with van der Waals surface area (Å²) >= 11 is 1.48. The smallest absolute Gasteiger partial charge is 0.233 e. The fraction of sp³-hybridized carbons (Fsp3) is 0.786. The highest BCUT2D eigenvalue weighted by molar-refractivity contribution is 7.99. The number of likely N-dealkylation sites (tertiary alicyclic amines) is 1. The molecule has 7 heteroatoms. The summed E-state index contributed by atoms with van der Waals surface area (Å²) in [6, 6.07) is 0. The highest BCUT2D eigenvalue weighted by Crippen LogP contribution is 2.19. The number of aromatic nitrogens is 3. The van der Waals surface area contributed by atoms with E-state index in [-0.39, 0.29) is 5.91 Å². The first-order chi connectivity index (χ1) is 10.2. The molecule has 2 heterocycles. The second-order valence-corrected chi connectivity index (χ2v) is 6.20. The lowest BCUT2D eigenvalue weighted by Gasteiger charge is -2.26. The minimum Gasteiger partial charge on any atom is -0.385 e. The Kier molecular flexibility index (Phi) is 6.50. The highest BCUT2D eigenvalue weighted by Gasteiger charge is 2.18. The monoisotopic (exact) mass is 312 g/mol. The molecule has 6 nitrogen and oxygen atoms in total. The number of nitrogens with zero attached hydrogens (tertiary/aromatic N) is 4. The number of rotatable bonds is 7. The van der Waals surface area contributed by atoms with E-state index in [9.17, 15) is 4.79 Å². The van der Waals surface area contributed by atoms with Crippen LogP contribution in [0, 0.1) is 6.92 Å². The summed E-state index contributed by atoms with van der Waals surface area (Å²) in [6.07, 6.45) is 4.42. The maximum absolute atomic E-state index is 12.2. The van der Waals surface area contributed by atoms with Crippen molar-refractivity contribution in [1.29, 1.82) is 0 Å². The molecule has 0 spiro atoms. The Balaban J connectivity index is 1.85. The predicted octanol–water partition coefficient (Wildman–Crippen LogP) is 1.73. The van der Waals surface area contributed by atoms with Gasteiger partial charge in [0.2, 0.25) is 5.91 Å². The molecule has 21 heavy (non-hydrogen) atoms. The summed E-state index contributed by atoms with van der Waals surface area (Å²) in [4.78, 5) is 14.1. The van der Waals surface area contributed by atoms with E-state index in [4.69, 9.17) is 4.74 Å². The molecule has 0 N–H and O–H groups in total. The van der Waals surface area contributed by atoms with E-state index in [0.717, 1.165) is 49.9 Å². The van der Waals surface area contributed by atoms with Crippen LogP contribution < -0.4 is 0 Å². The molecule has 1 aliphatic rings.